The van der Waals surface area contributed by atoms with Crippen LogP contribution in [-0.4, -0.2) is 17.5 Å². The van der Waals surface area contributed by atoms with Crippen LogP contribution in [0.25, 0.3) is 10.9 Å². The lowest BCUT2D eigenvalue weighted by Crippen LogP contribution is -2.24. The van der Waals surface area contributed by atoms with Gasteiger partial charge in [-0.15, -0.1) is 0 Å². The third-order valence-corrected chi connectivity index (χ3v) is 2.54. The predicted molar refractivity (Wildman–Crippen MR) is 65.3 cm³/mol. The number of aromatic nitrogens is 1. The molecule has 0 fully saturated rings. The summed E-state index contributed by atoms with van der Waals surface area (Å²) in [5.41, 5.74) is 9.60. The lowest BCUT2D eigenvalue weighted by atomic mass is 10.2. The third kappa shape index (κ3) is 2.97. The van der Waals surface area contributed by atoms with E-state index in [0.29, 0.717) is 11.6 Å². The summed E-state index contributed by atoms with van der Waals surface area (Å²) in [6.45, 7) is 0.336. The van der Waals surface area contributed by atoms with E-state index in [1.165, 1.54) is 0 Å². The molecule has 6 heteroatoms. The molecule has 1 aromatic carbocycles. The second kappa shape index (κ2) is 5.18. The molecule has 1 heterocycles. The Kier molecular flexibility index (Phi) is 3.63. The number of carbonyl (C=O) groups is 1. The van der Waals surface area contributed by atoms with Crippen LogP contribution < -0.4 is 11.2 Å². The van der Waals surface area contributed by atoms with Gasteiger partial charge in [-0.2, -0.15) is 5.48 Å². The fraction of sp³-hybridized carbons (Fsp3) is 0.182. The number of hydroxylamine groups is 1. The molecule has 0 radical (unpaired) electrons. The molecule has 0 atom stereocenters. The van der Waals surface area contributed by atoms with Crippen LogP contribution in [-0.2, 0) is 16.2 Å². The molecule has 0 aliphatic rings. The van der Waals surface area contributed by atoms with Crippen LogP contribution in [0.4, 0.5) is 0 Å². The van der Waals surface area contributed by atoms with Gasteiger partial charge in [0.25, 0.3) is 0 Å². The minimum absolute atomic E-state index is 0.145. The van der Waals surface area contributed by atoms with Crippen molar-refractivity contribution < 1.29 is 9.63 Å². The zero-order chi connectivity index (χ0) is 12.3. The maximum Gasteiger partial charge on any atom is 0.245 e. The summed E-state index contributed by atoms with van der Waals surface area (Å²) in [4.78, 5) is 18.4. The first-order valence-electron chi connectivity index (χ1n) is 5.05. The highest BCUT2D eigenvalue weighted by Gasteiger charge is 2.04. The first kappa shape index (κ1) is 11.9. The number of amides is 1. The molecule has 0 aliphatic heterocycles. The Bertz CT molecular complexity index is 538. The van der Waals surface area contributed by atoms with Crippen LogP contribution >= 0.6 is 11.6 Å². The van der Waals surface area contributed by atoms with Crippen molar-refractivity contribution in [2.45, 2.75) is 6.54 Å². The minimum Gasteiger partial charge on any atom is -0.368 e. The summed E-state index contributed by atoms with van der Waals surface area (Å²) in [5.74, 6) is -0.511. The van der Waals surface area contributed by atoms with Crippen molar-refractivity contribution in [2.24, 2.45) is 5.73 Å². The molecule has 0 saturated carbocycles. The number of primary amides is 1. The highest BCUT2D eigenvalue weighted by Crippen LogP contribution is 2.21. The monoisotopic (exact) mass is 253 g/mol. The van der Waals surface area contributed by atoms with Crippen molar-refractivity contribution >= 4 is 28.4 Å². The van der Waals surface area contributed by atoms with Crippen LogP contribution in [0.1, 0.15) is 5.56 Å². The Labute approximate surface area is 103 Å². The lowest BCUT2D eigenvalue weighted by molar-refractivity contribution is -0.125. The van der Waals surface area contributed by atoms with Gasteiger partial charge in [0, 0.05) is 28.7 Å². The van der Waals surface area contributed by atoms with Gasteiger partial charge in [0.05, 0.1) is 0 Å². The summed E-state index contributed by atoms with van der Waals surface area (Å²) in [5, 5.41) is 1.74. The van der Waals surface area contributed by atoms with E-state index in [4.69, 9.17) is 22.2 Å². The molecule has 2 rings (SSSR count). The topological polar surface area (TPSA) is 80.1 Å². The van der Waals surface area contributed by atoms with E-state index in [0.717, 1.165) is 16.5 Å². The molecule has 0 saturated heterocycles. The highest BCUT2D eigenvalue weighted by molar-refractivity contribution is 6.31. The molecule has 2 aromatic rings. The Morgan fingerprint density at radius 2 is 2.35 bits per heavy atom. The highest BCUT2D eigenvalue weighted by atomic mass is 35.5. The Morgan fingerprint density at radius 1 is 1.53 bits per heavy atom. The lowest BCUT2D eigenvalue weighted by Gasteiger charge is -2.02. The first-order chi connectivity index (χ1) is 8.16. The maximum atomic E-state index is 10.4. The van der Waals surface area contributed by atoms with E-state index < -0.39 is 5.91 Å². The van der Waals surface area contributed by atoms with Gasteiger partial charge in [-0.05, 0) is 17.7 Å². The van der Waals surface area contributed by atoms with Gasteiger partial charge >= 0.3 is 0 Å². The molecule has 4 N–H and O–H groups in total. The second-order valence-corrected chi connectivity index (χ2v) is 4.02. The fourth-order valence-corrected chi connectivity index (χ4v) is 1.73. The van der Waals surface area contributed by atoms with Crippen LogP contribution in [0.5, 0.6) is 0 Å². The molecule has 1 amide bonds. The molecule has 1 aromatic heterocycles. The molecular weight excluding hydrogens is 242 g/mol. The summed E-state index contributed by atoms with van der Waals surface area (Å²) < 4.78 is 0. The van der Waals surface area contributed by atoms with Gasteiger partial charge in [0.2, 0.25) is 5.91 Å². The number of benzene rings is 1. The second-order valence-electron chi connectivity index (χ2n) is 3.58. The van der Waals surface area contributed by atoms with E-state index in [9.17, 15) is 4.79 Å². The van der Waals surface area contributed by atoms with Crippen molar-refractivity contribution in [1.82, 2.24) is 10.5 Å². The Hall–Kier alpha value is -1.56. The van der Waals surface area contributed by atoms with E-state index in [-0.39, 0.29) is 6.61 Å². The predicted octanol–water partition coefficient (Wildman–Crippen LogP) is 1.33. The number of rotatable bonds is 5. The van der Waals surface area contributed by atoms with Gasteiger partial charge in [-0.25, -0.2) is 0 Å². The Morgan fingerprint density at radius 3 is 3.12 bits per heavy atom. The van der Waals surface area contributed by atoms with E-state index >= 15 is 0 Å². The summed E-state index contributed by atoms with van der Waals surface area (Å²) >= 11 is 5.88. The van der Waals surface area contributed by atoms with Crippen molar-refractivity contribution in [3.05, 3.63) is 35.0 Å². The van der Waals surface area contributed by atoms with E-state index in [1.807, 2.05) is 24.4 Å². The summed E-state index contributed by atoms with van der Waals surface area (Å²) in [7, 11) is 0. The maximum absolute atomic E-state index is 10.4. The number of H-pyrrole nitrogens is 1. The number of nitrogens with one attached hydrogen (secondary N) is 2. The van der Waals surface area contributed by atoms with Crippen LogP contribution in [0, 0.1) is 0 Å². The average Bonchev–Trinajstić information content (AvgIpc) is 2.66. The quantitative estimate of drug-likeness (QED) is 0.555. The van der Waals surface area contributed by atoms with Gasteiger partial charge in [-0.3, -0.25) is 9.63 Å². The average molecular weight is 254 g/mol. The number of hydrogen-bond acceptors (Lipinski definition) is 3. The van der Waals surface area contributed by atoms with E-state index in [1.54, 1.807) is 0 Å². The van der Waals surface area contributed by atoms with Gasteiger partial charge in [0.15, 0.2) is 0 Å². The summed E-state index contributed by atoms with van der Waals surface area (Å²) in [6, 6.07) is 5.61. The third-order valence-electron chi connectivity index (χ3n) is 2.31. The largest absolute Gasteiger partial charge is 0.368 e. The fourth-order valence-electron chi connectivity index (χ4n) is 1.56. The first-order valence-corrected chi connectivity index (χ1v) is 5.43. The number of halogens is 1. The molecule has 0 spiro atoms. The number of aromatic amines is 1. The molecule has 0 unspecified atom stereocenters. The minimum atomic E-state index is -0.511. The standard InChI is InChI=1S/C11H12ClN3O2/c12-8-1-2-9-7(4-14-10(9)3-8)5-15-17-6-11(13)16/h1-4,14-15H,5-6H2,(H2,13,16). The van der Waals surface area contributed by atoms with Crippen molar-refractivity contribution in [2.75, 3.05) is 6.61 Å². The number of hydrogen-bond donors (Lipinski definition) is 3. The zero-order valence-electron chi connectivity index (χ0n) is 9.00. The summed E-state index contributed by atoms with van der Waals surface area (Å²) in [6.07, 6.45) is 1.86. The van der Waals surface area contributed by atoms with Crippen LogP contribution in [0.15, 0.2) is 24.4 Å². The van der Waals surface area contributed by atoms with Crippen LogP contribution in [0.2, 0.25) is 5.02 Å². The molecule has 5 nitrogen and oxygen atoms in total. The van der Waals surface area contributed by atoms with Crippen molar-refractivity contribution in [3.8, 4) is 0 Å². The smallest absolute Gasteiger partial charge is 0.245 e. The van der Waals surface area contributed by atoms with Gasteiger partial charge < -0.3 is 10.7 Å². The number of carbonyl (C=O) groups excluding carboxylic acids is 1. The van der Waals surface area contributed by atoms with Gasteiger partial charge in [-0.1, -0.05) is 17.7 Å². The van der Waals surface area contributed by atoms with Gasteiger partial charge in [0.1, 0.15) is 6.61 Å². The Balaban J connectivity index is 2.01. The molecule has 0 aliphatic carbocycles. The number of nitrogens with two attached hydrogens (primary N) is 1. The van der Waals surface area contributed by atoms with E-state index in [2.05, 4.69) is 10.5 Å². The SMILES string of the molecule is NC(=O)CONCc1c[nH]c2cc(Cl)ccc12. The number of fused-ring (bicyclic) bond motifs is 1. The van der Waals surface area contributed by atoms with Crippen molar-refractivity contribution in [3.63, 3.8) is 0 Å². The molecular formula is C11H12ClN3O2. The molecule has 90 valence electrons. The molecule has 17 heavy (non-hydrogen) atoms. The molecule has 0 bridgehead atoms. The normalized spacial score (nSPS) is 10.9. The van der Waals surface area contributed by atoms with Crippen molar-refractivity contribution in [1.29, 1.82) is 0 Å². The van der Waals surface area contributed by atoms with Crippen LogP contribution in [0.3, 0.4) is 0 Å². The zero-order valence-corrected chi connectivity index (χ0v) is 9.75.